The van der Waals surface area contributed by atoms with Crippen molar-refractivity contribution in [3.8, 4) is 6.07 Å². The van der Waals surface area contributed by atoms with Gasteiger partial charge in [0, 0.05) is 19.3 Å². The Hall–Kier alpha value is -0.780. The highest BCUT2D eigenvalue weighted by molar-refractivity contribution is 6.40. The van der Waals surface area contributed by atoms with Gasteiger partial charge in [0.1, 0.15) is 0 Å². The van der Waals surface area contributed by atoms with E-state index in [0.717, 1.165) is 0 Å². The van der Waals surface area contributed by atoms with Crippen LogP contribution in [-0.4, -0.2) is 10.3 Å². The summed E-state index contributed by atoms with van der Waals surface area (Å²) >= 11 is 9.53. The summed E-state index contributed by atoms with van der Waals surface area (Å²) in [6.07, 6.45) is 3.50. The largest absolute Gasteiger partial charge is 0.265 e. The highest BCUT2D eigenvalue weighted by atomic mass is 35.5. The Bertz CT molecular complexity index is 157. The first-order valence-corrected chi connectivity index (χ1v) is 4.18. The van der Waals surface area contributed by atoms with Crippen LogP contribution in [0.4, 0.5) is 0 Å². The van der Waals surface area contributed by atoms with E-state index < -0.39 is 0 Å². The minimum atomic E-state index is 0.194. The van der Waals surface area contributed by atoms with Crippen molar-refractivity contribution < 1.29 is 0 Å². The van der Waals surface area contributed by atoms with E-state index in [-0.39, 0.29) is 5.34 Å². The van der Waals surface area contributed by atoms with E-state index in [2.05, 4.69) is 4.98 Å². The standard InChI is InChI=1S/C5H5N.C2H3N.CH2Cl2/c1-2-4-6-5-3-1;1-2-3;2-1-3/h1-5H;1H3;1H2. The van der Waals surface area contributed by atoms with E-state index in [1.807, 2.05) is 18.2 Å². The van der Waals surface area contributed by atoms with Crippen molar-refractivity contribution in [2.45, 2.75) is 6.92 Å². The molecule has 1 heterocycles. The fourth-order valence-corrected chi connectivity index (χ4v) is 0.313. The lowest BCUT2D eigenvalue weighted by Gasteiger charge is -1.70. The molecular weight excluding hydrogens is 195 g/mol. The highest BCUT2D eigenvalue weighted by Gasteiger charge is 1.58. The maximum atomic E-state index is 7.32. The van der Waals surface area contributed by atoms with Crippen molar-refractivity contribution in [3.05, 3.63) is 30.6 Å². The van der Waals surface area contributed by atoms with Crippen LogP contribution in [0, 0.1) is 11.3 Å². The zero-order valence-corrected chi connectivity index (χ0v) is 8.26. The van der Waals surface area contributed by atoms with Gasteiger partial charge in [-0.15, -0.1) is 23.2 Å². The number of hydrogen-bond acceptors (Lipinski definition) is 2. The number of pyridine rings is 1. The van der Waals surface area contributed by atoms with Crippen LogP contribution in [0.5, 0.6) is 0 Å². The van der Waals surface area contributed by atoms with E-state index in [9.17, 15) is 0 Å². The molecule has 0 N–H and O–H groups in total. The van der Waals surface area contributed by atoms with Crippen LogP contribution in [0.25, 0.3) is 0 Å². The molecule has 0 saturated heterocycles. The highest BCUT2D eigenvalue weighted by Crippen LogP contribution is 1.73. The molecule has 0 radical (unpaired) electrons. The number of nitrogens with zero attached hydrogens (tertiary/aromatic N) is 2. The molecule has 12 heavy (non-hydrogen) atoms. The van der Waals surface area contributed by atoms with Crippen LogP contribution >= 0.6 is 23.2 Å². The zero-order valence-electron chi connectivity index (χ0n) is 6.74. The summed E-state index contributed by atoms with van der Waals surface area (Å²) in [6, 6.07) is 7.47. The van der Waals surface area contributed by atoms with E-state index in [4.69, 9.17) is 28.5 Å². The summed E-state index contributed by atoms with van der Waals surface area (Å²) in [6.45, 7) is 1.43. The maximum Gasteiger partial charge on any atom is 0.0967 e. The minimum absolute atomic E-state index is 0.194. The molecule has 0 amide bonds. The summed E-state index contributed by atoms with van der Waals surface area (Å²) in [4.78, 5) is 3.78. The summed E-state index contributed by atoms with van der Waals surface area (Å²) in [5.41, 5.74) is 0. The molecule has 0 spiro atoms. The van der Waals surface area contributed by atoms with Gasteiger partial charge in [-0.2, -0.15) is 5.26 Å². The fraction of sp³-hybridized carbons (Fsp3) is 0.250. The number of alkyl halides is 2. The number of aromatic nitrogens is 1. The Kier molecular flexibility index (Phi) is 19.1. The Morgan fingerprint density at radius 2 is 1.58 bits per heavy atom. The molecule has 66 valence electrons. The third-order valence-corrected chi connectivity index (χ3v) is 0.566. The van der Waals surface area contributed by atoms with Crippen molar-refractivity contribution in [3.63, 3.8) is 0 Å². The van der Waals surface area contributed by atoms with Crippen molar-refractivity contribution in [1.29, 1.82) is 5.26 Å². The number of nitriles is 1. The molecule has 1 aromatic rings. The number of halogens is 2. The van der Waals surface area contributed by atoms with Crippen molar-refractivity contribution in [2.75, 3.05) is 5.34 Å². The van der Waals surface area contributed by atoms with Crippen LogP contribution in [0.2, 0.25) is 0 Å². The number of rotatable bonds is 0. The first-order valence-electron chi connectivity index (χ1n) is 3.11. The lowest BCUT2D eigenvalue weighted by Crippen LogP contribution is -1.58. The van der Waals surface area contributed by atoms with Crippen LogP contribution in [0.3, 0.4) is 0 Å². The van der Waals surface area contributed by atoms with E-state index >= 15 is 0 Å². The summed E-state index contributed by atoms with van der Waals surface area (Å²) < 4.78 is 0. The quantitative estimate of drug-likeness (QED) is 0.610. The summed E-state index contributed by atoms with van der Waals surface area (Å²) in [5, 5.41) is 7.51. The Morgan fingerprint density at radius 1 is 1.25 bits per heavy atom. The summed E-state index contributed by atoms with van der Waals surface area (Å²) in [7, 11) is 0. The molecule has 4 heteroatoms. The zero-order chi connectivity index (χ0) is 9.66. The molecule has 0 unspecified atom stereocenters. The van der Waals surface area contributed by atoms with Gasteiger partial charge < -0.3 is 0 Å². The van der Waals surface area contributed by atoms with Gasteiger partial charge in [0.15, 0.2) is 0 Å². The van der Waals surface area contributed by atoms with Gasteiger partial charge in [0.2, 0.25) is 0 Å². The lowest BCUT2D eigenvalue weighted by molar-refractivity contribution is 1.33. The van der Waals surface area contributed by atoms with Gasteiger partial charge >= 0.3 is 0 Å². The molecule has 1 rings (SSSR count). The van der Waals surface area contributed by atoms with Crippen LogP contribution < -0.4 is 0 Å². The molecule has 0 aliphatic rings. The molecule has 0 atom stereocenters. The Balaban J connectivity index is 0. The molecule has 0 saturated carbocycles. The predicted molar refractivity (Wildman–Crippen MR) is 52.1 cm³/mol. The third-order valence-electron chi connectivity index (χ3n) is 0.566. The summed E-state index contributed by atoms with van der Waals surface area (Å²) in [5.74, 6) is 0. The van der Waals surface area contributed by atoms with E-state index in [1.165, 1.54) is 6.92 Å². The molecule has 0 aliphatic heterocycles. The van der Waals surface area contributed by atoms with Gasteiger partial charge in [-0.3, -0.25) is 4.98 Å². The molecule has 0 fully saturated rings. The predicted octanol–water partition coefficient (Wildman–Crippen LogP) is 3.03. The second-order valence-corrected chi connectivity index (χ2v) is 2.16. The second kappa shape index (κ2) is 16.7. The molecular formula is C8H10Cl2N2. The van der Waals surface area contributed by atoms with Crippen LogP contribution in [0.1, 0.15) is 6.92 Å². The topological polar surface area (TPSA) is 36.7 Å². The van der Waals surface area contributed by atoms with Gasteiger partial charge in [-0.1, -0.05) is 6.07 Å². The van der Waals surface area contributed by atoms with E-state index in [0.29, 0.717) is 0 Å². The van der Waals surface area contributed by atoms with Gasteiger partial charge in [0.05, 0.1) is 11.4 Å². The molecule has 1 aromatic heterocycles. The van der Waals surface area contributed by atoms with Crippen molar-refractivity contribution in [2.24, 2.45) is 0 Å². The SMILES string of the molecule is CC#N.ClCCl.c1ccncc1. The van der Waals surface area contributed by atoms with Gasteiger partial charge in [-0.25, -0.2) is 0 Å². The van der Waals surface area contributed by atoms with Gasteiger partial charge in [0.25, 0.3) is 0 Å². The minimum Gasteiger partial charge on any atom is -0.265 e. The Morgan fingerprint density at radius 3 is 1.67 bits per heavy atom. The maximum absolute atomic E-state index is 7.32. The molecule has 0 aromatic carbocycles. The smallest absolute Gasteiger partial charge is 0.0967 e. The first-order chi connectivity index (χ1) is 5.83. The average Bonchev–Trinajstić information content (AvgIpc) is 2.10. The van der Waals surface area contributed by atoms with E-state index in [1.54, 1.807) is 18.5 Å². The molecule has 2 nitrogen and oxygen atoms in total. The third kappa shape index (κ3) is 22.9. The lowest BCUT2D eigenvalue weighted by atomic mass is 10.5. The van der Waals surface area contributed by atoms with Crippen LogP contribution in [0.15, 0.2) is 30.6 Å². The first kappa shape index (κ1) is 13.8. The Labute approximate surface area is 82.8 Å². The van der Waals surface area contributed by atoms with Gasteiger partial charge in [-0.05, 0) is 12.1 Å². The van der Waals surface area contributed by atoms with Crippen molar-refractivity contribution >= 4 is 23.2 Å². The normalized spacial score (nSPS) is 6.17. The second-order valence-electron chi connectivity index (χ2n) is 1.35. The molecule has 0 bridgehead atoms. The fourth-order valence-electron chi connectivity index (χ4n) is 0.313. The molecule has 0 aliphatic carbocycles. The number of hydrogen-bond donors (Lipinski definition) is 0. The monoisotopic (exact) mass is 204 g/mol. The van der Waals surface area contributed by atoms with Crippen LogP contribution in [-0.2, 0) is 0 Å². The van der Waals surface area contributed by atoms with Crippen molar-refractivity contribution in [1.82, 2.24) is 4.98 Å². The average molecular weight is 205 g/mol.